The molecule has 47 heavy (non-hydrogen) atoms. The lowest BCUT2D eigenvalue weighted by Gasteiger charge is -2.46. The molecule has 2 saturated carbocycles. The fourth-order valence-electron chi connectivity index (χ4n) is 10.0. The molecule has 0 N–H and O–H groups in total. The molecule has 3 fully saturated rings. The van der Waals surface area contributed by atoms with Gasteiger partial charge in [-0.05, 0) is 123 Å². The van der Waals surface area contributed by atoms with Crippen molar-refractivity contribution >= 4 is 0 Å². The number of benzene rings is 1. The summed E-state index contributed by atoms with van der Waals surface area (Å²) in [5, 5.41) is 0. The zero-order valence-corrected chi connectivity index (χ0v) is 34.1. The third-order valence-corrected chi connectivity index (χ3v) is 12.3. The number of hydrogen-bond acceptors (Lipinski definition) is 2. The summed E-state index contributed by atoms with van der Waals surface area (Å²) in [5.74, 6) is 3.84. The second-order valence-corrected chi connectivity index (χ2v) is 21.5. The molecule has 2 aliphatic carbocycles. The van der Waals surface area contributed by atoms with Crippen LogP contribution >= 0.6 is 0 Å². The molecule has 1 aromatic carbocycles. The highest BCUT2D eigenvalue weighted by atomic mass is 15.3. The van der Waals surface area contributed by atoms with Crippen LogP contribution in [0.1, 0.15) is 175 Å². The summed E-state index contributed by atoms with van der Waals surface area (Å²) in [4.78, 5) is 5.45. The Bertz CT molecular complexity index is 1060. The number of hydrogen-bond donors (Lipinski definition) is 0. The molecule has 274 valence electrons. The first-order chi connectivity index (χ1) is 20.8. The number of likely N-dealkylation sites (tertiary alicyclic amines) is 1. The minimum atomic E-state index is 0. The molecule has 2 nitrogen and oxygen atoms in total. The standard InChI is InChI=1S/C16H25N.C15H29N.C13H26.CH4/c1-12(2)17-11-14-9-7-6-8-13(14)10-15(17)16(3,4)5;1-14(2,3)13-12-9-7-8-11(12)10-16(13)15(4,5)6;1-12(2,3)10-8-7-9-11(10)13(4,5)6;/h6-9,12,15H,10-11H2,1-5H3;11-13H,7-10H2,1-6H3;10-11H,7-9H2,1-6H3;1H4. The second-order valence-electron chi connectivity index (χ2n) is 21.5. The Hall–Kier alpha value is -0.860. The van der Waals surface area contributed by atoms with Crippen molar-refractivity contribution in [3.05, 3.63) is 35.4 Å². The van der Waals surface area contributed by atoms with Crippen molar-refractivity contribution in [3.8, 4) is 0 Å². The van der Waals surface area contributed by atoms with Crippen LogP contribution in [0.5, 0.6) is 0 Å². The summed E-state index contributed by atoms with van der Waals surface area (Å²) in [5.41, 5.74) is 5.19. The molecule has 6 unspecified atom stereocenters. The molecule has 0 aromatic heterocycles. The van der Waals surface area contributed by atoms with E-state index in [4.69, 9.17) is 0 Å². The Kier molecular flexibility index (Phi) is 14.0. The second kappa shape index (κ2) is 15.6. The lowest BCUT2D eigenvalue weighted by atomic mass is 9.66. The summed E-state index contributed by atoms with van der Waals surface area (Å²) >= 11 is 0. The van der Waals surface area contributed by atoms with Crippen molar-refractivity contribution in [2.75, 3.05) is 6.54 Å². The van der Waals surface area contributed by atoms with Gasteiger partial charge in [-0.15, -0.1) is 0 Å². The lowest BCUT2D eigenvalue weighted by molar-refractivity contribution is 0.0377. The van der Waals surface area contributed by atoms with Gasteiger partial charge in [0.15, 0.2) is 0 Å². The van der Waals surface area contributed by atoms with Gasteiger partial charge in [-0.1, -0.05) is 128 Å². The van der Waals surface area contributed by atoms with Crippen molar-refractivity contribution in [1.29, 1.82) is 0 Å². The number of fused-ring (bicyclic) bond motifs is 2. The highest BCUT2D eigenvalue weighted by molar-refractivity contribution is 5.30. The van der Waals surface area contributed by atoms with E-state index in [1.54, 1.807) is 5.56 Å². The van der Waals surface area contributed by atoms with E-state index in [-0.39, 0.29) is 7.43 Å². The zero-order valence-electron chi connectivity index (χ0n) is 34.1. The van der Waals surface area contributed by atoms with Crippen molar-refractivity contribution in [2.24, 2.45) is 45.3 Å². The fourth-order valence-corrected chi connectivity index (χ4v) is 10.0. The third-order valence-electron chi connectivity index (χ3n) is 12.3. The van der Waals surface area contributed by atoms with Gasteiger partial charge in [0.25, 0.3) is 0 Å². The topological polar surface area (TPSA) is 6.48 Å². The van der Waals surface area contributed by atoms with E-state index >= 15 is 0 Å². The predicted molar refractivity (Wildman–Crippen MR) is 211 cm³/mol. The Morgan fingerprint density at radius 2 is 1.11 bits per heavy atom. The molecule has 0 spiro atoms. The van der Waals surface area contributed by atoms with E-state index in [0.29, 0.717) is 39.3 Å². The molecule has 2 heterocycles. The molecule has 1 aromatic rings. The fraction of sp³-hybridized carbons (Fsp3) is 0.867. The monoisotopic (exact) mass is 653 g/mol. The maximum absolute atomic E-state index is 2.79. The van der Waals surface area contributed by atoms with Crippen LogP contribution in [0, 0.1) is 45.3 Å². The Labute approximate surface area is 296 Å². The van der Waals surface area contributed by atoms with E-state index in [2.05, 4.69) is 152 Å². The first kappa shape index (κ1) is 42.3. The van der Waals surface area contributed by atoms with Gasteiger partial charge < -0.3 is 0 Å². The Morgan fingerprint density at radius 3 is 1.53 bits per heavy atom. The van der Waals surface area contributed by atoms with Crippen LogP contribution in [0.15, 0.2) is 24.3 Å². The van der Waals surface area contributed by atoms with Crippen molar-refractivity contribution < 1.29 is 0 Å². The van der Waals surface area contributed by atoms with Crippen LogP contribution in [-0.2, 0) is 13.0 Å². The van der Waals surface area contributed by atoms with E-state index in [9.17, 15) is 0 Å². The van der Waals surface area contributed by atoms with Gasteiger partial charge >= 0.3 is 0 Å². The molecule has 1 saturated heterocycles. The van der Waals surface area contributed by atoms with E-state index < -0.39 is 0 Å². The van der Waals surface area contributed by atoms with Gasteiger partial charge in [-0.2, -0.15) is 0 Å². The van der Waals surface area contributed by atoms with Crippen molar-refractivity contribution in [1.82, 2.24) is 9.80 Å². The molecule has 2 heteroatoms. The van der Waals surface area contributed by atoms with E-state index in [1.165, 1.54) is 57.1 Å². The Balaban J connectivity index is 0.000000245. The molecule has 0 radical (unpaired) electrons. The minimum Gasteiger partial charge on any atom is -0.294 e. The van der Waals surface area contributed by atoms with Gasteiger partial charge in [-0.25, -0.2) is 0 Å². The molecule has 5 rings (SSSR count). The van der Waals surface area contributed by atoms with Crippen LogP contribution in [0.4, 0.5) is 0 Å². The molecule has 6 atom stereocenters. The molecule has 0 amide bonds. The largest absolute Gasteiger partial charge is 0.294 e. The summed E-state index contributed by atoms with van der Waals surface area (Å²) in [6.07, 6.45) is 9.96. The van der Waals surface area contributed by atoms with Crippen molar-refractivity contribution in [2.45, 2.75) is 200 Å². The molecular weight excluding hydrogens is 569 g/mol. The predicted octanol–water partition coefficient (Wildman–Crippen LogP) is 12.9. The number of rotatable bonds is 1. The van der Waals surface area contributed by atoms with Crippen molar-refractivity contribution in [3.63, 3.8) is 0 Å². The first-order valence-electron chi connectivity index (χ1n) is 19.4. The van der Waals surface area contributed by atoms with Gasteiger partial charge in [-0.3, -0.25) is 9.80 Å². The normalized spacial score (nSPS) is 28.9. The minimum absolute atomic E-state index is 0. The summed E-state index contributed by atoms with van der Waals surface area (Å²) in [7, 11) is 0. The first-order valence-corrected chi connectivity index (χ1v) is 19.4. The molecule has 2 aliphatic heterocycles. The number of nitrogens with zero attached hydrogens (tertiary/aromatic N) is 2. The summed E-state index contributed by atoms with van der Waals surface area (Å²) < 4.78 is 0. The van der Waals surface area contributed by atoms with Crippen LogP contribution in [0.2, 0.25) is 0 Å². The quantitative estimate of drug-likeness (QED) is 0.298. The Morgan fingerprint density at radius 1 is 0.617 bits per heavy atom. The van der Waals surface area contributed by atoms with Gasteiger partial charge in [0.2, 0.25) is 0 Å². The third kappa shape index (κ3) is 10.8. The maximum atomic E-state index is 2.79. The average molecular weight is 653 g/mol. The van der Waals surface area contributed by atoms with Gasteiger partial charge in [0.1, 0.15) is 0 Å². The summed E-state index contributed by atoms with van der Waals surface area (Å²) in [6.45, 7) is 43.0. The SMILES string of the molecule is C.CC(C)(C)C1C2CCCC2CN1C(C)(C)C.CC(C)(C)C1CCCC1C(C)(C)C.CC(C)N1Cc2ccccc2CC1C(C)(C)C. The molecule has 4 aliphatic rings. The molecule has 0 bridgehead atoms. The highest BCUT2D eigenvalue weighted by Gasteiger charge is 2.51. The highest BCUT2D eigenvalue weighted by Crippen LogP contribution is 2.51. The van der Waals surface area contributed by atoms with Crippen LogP contribution in [0.3, 0.4) is 0 Å². The van der Waals surface area contributed by atoms with Crippen LogP contribution in [-0.4, -0.2) is 40.0 Å². The van der Waals surface area contributed by atoms with E-state index in [1.807, 2.05) is 0 Å². The van der Waals surface area contributed by atoms with E-state index in [0.717, 1.165) is 36.3 Å². The molecular formula is C45H84N2. The van der Waals surface area contributed by atoms with Gasteiger partial charge in [0.05, 0.1) is 0 Å². The summed E-state index contributed by atoms with van der Waals surface area (Å²) in [6, 6.07) is 11.0. The zero-order chi connectivity index (χ0) is 35.0. The van der Waals surface area contributed by atoms with Crippen LogP contribution < -0.4 is 0 Å². The average Bonchev–Trinajstić information content (AvgIpc) is 3.63. The lowest BCUT2D eigenvalue weighted by Crippen LogP contribution is -2.51. The maximum Gasteiger partial charge on any atom is 0.0242 e. The smallest absolute Gasteiger partial charge is 0.0242 e. The van der Waals surface area contributed by atoms with Gasteiger partial charge in [0, 0.05) is 36.8 Å². The van der Waals surface area contributed by atoms with Crippen LogP contribution in [0.25, 0.3) is 0 Å².